The molecule has 1 aliphatic rings. The Balaban J connectivity index is 2.19. The van der Waals surface area contributed by atoms with Crippen LogP contribution in [0.25, 0.3) is 0 Å². The maximum absolute atomic E-state index is 11.4. The molecule has 4 heteroatoms. The first kappa shape index (κ1) is 11.5. The number of rotatable bonds is 5. The normalized spacial score (nSPS) is 19.9. The molecular weight excluding hydrogens is 182 g/mol. The van der Waals surface area contributed by atoms with Crippen LogP contribution in [0.4, 0.5) is 0 Å². The van der Waals surface area contributed by atoms with Gasteiger partial charge in [0.2, 0.25) is 5.91 Å². The predicted octanol–water partition coefficient (Wildman–Crippen LogP) is 0.396. The van der Waals surface area contributed by atoms with Crippen LogP contribution in [0.2, 0.25) is 0 Å². The van der Waals surface area contributed by atoms with E-state index in [4.69, 9.17) is 4.74 Å². The Bertz CT molecular complexity index is 184. The second-order valence-electron chi connectivity index (χ2n) is 3.74. The van der Waals surface area contributed by atoms with E-state index in [-0.39, 0.29) is 5.91 Å². The zero-order valence-corrected chi connectivity index (χ0v) is 8.74. The number of ether oxygens (including phenoxy) is 1. The van der Waals surface area contributed by atoms with Crippen molar-refractivity contribution in [1.82, 2.24) is 4.90 Å². The second-order valence-corrected chi connectivity index (χ2v) is 3.74. The number of carbonyl (C=O) groups excluding carboxylic acids is 1. The average molecular weight is 201 g/mol. The van der Waals surface area contributed by atoms with Crippen molar-refractivity contribution in [2.45, 2.75) is 31.8 Å². The molecular formula is C10H19NO3. The summed E-state index contributed by atoms with van der Waals surface area (Å²) in [5.41, 5.74) is 0. The van der Waals surface area contributed by atoms with Gasteiger partial charge in [-0.1, -0.05) is 0 Å². The third-order valence-corrected chi connectivity index (χ3v) is 2.51. The van der Waals surface area contributed by atoms with Crippen molar-refractivity contribution >= 4 is 5.91 Å². The first-order valence-corrected chi connectivity index (χ1v) is 5.19. The largest absolute Gasteiger partial charge is 0.391 e. The van der Waals surface area contributed by atoms with E-state index in [1.165, 1.54) is 0 Å². The molecule has 1 rings (SSSR count). The summed E-state index contributed by atoms with van der Waals surface area (Å²) in [5.74, 6) is 0.223. The van der Waals surface area contributed by atoms with Gasteiger partial charge >= 0.3 is 0 Å². The Labute approximate surface area is 84.8 Å². The van der Waals surface area contributed by atoms with Gasteiger partial charge in [-0.2, -0.15) is 0 Å². The number of amides is 1. The number of hydrogen-bond donors (Lipinski definition) is 1. The molecule has 1 saturated heterocycles. The van der Waals surface area contributed by atoms with E-state index in [9.17, 15) is 9.90 Å². The van der Waals surface area contributed by atoms with E-state index in [0.717, 1.165) is 19.4 Å². The Morgan fingerprint density at radius 3 is 3.00 bits per heavy atom. The SMILES string of the molecule is COCC(O)CCN1CCCCC1=O. The number of methoxy groups -OCH3 is 1. The van der Waals surface area contributed by atoms with Crippen LogP contribution in [-0.2, 0) is 9.53 Å². The first-order chi connectivity index (χ1) is 6.74. The lowest BCUT2D eigenvalue weighted by Crippen LogP contribution is -2.37. The minimum Gasteiger partial charge on any atom is -0.391 e. The van der Waals surface area contributed by atoms with Gasteiger partial charge in [-0.05, 0) is 19.3 Å². The Kier molecular flexibility index (Phi) is 4.90. The summed E-state index contributed by atoms with van der Waals surface area (Å²) in [6.45, 7) is 1.85. The van der Waals surface area contributed by atoms with Gasteiger partial charge in [-0.15, -0.1) is 0 Å². The van der Waals surface area contributed by atoms with Crippen LogP contribution in [0.1, 0.15) is 25.7 Å². The Morgan fingerprint density at radius 2 is 2.36 bits per heavy atom. The molecule has 1 fully saturated rings. The highest BCUT2D eigenvalue weighted by Gasteiger charge is 2.18. The van der Waals surface area contributed by atoms with Gasteiger partial charge in [0.05, 0.1) is 12.7 Å². The highest BCUT2D eigenvalue weighted by molar-refractivity contribution is 5.76. The molecule has 0 aliphatic carbocycles. The van der Waals surface area contributed by atoms with Gasteiger partial charge in [-0.3, -0.25) is 4.79 Å². The smallest absolute Gasteiger partial charge is 0.222 e. The van der Waals surface area contributed by atoms with Crippen molar-refractivity contribution in [3.05, 3.63) is 0 Å². The molecule has 14 heavy (non-hydrogen) atoms. The minimum atomic E-state index is -0.449. The van der Waals surface area contributed by atoms with Crippen molar-refractivity contribution in [2.75, 3.05) is 26.8 Å². The van der Waals surface area contributed by atoms with E-state index in [0.29, 0.717) is 26.0 Å². The molecule has 0 aromatic carbocycles. The van der Waals surface area contributed by atoms with E-state index in [1.807, 2.05) is 4.90 Å². The minimum absolute atomic E-state index is 0.223. The summed E-state index contributed by atoms with van der Waals surface area (Å²) >= 11 is 0. The van der Waals surface area contributed by atoms with Crippen LogP contribution in [-0.4, -0.2) is 48.8 Å². The van der Waals surface area contributed by atoms with Crippen LogP contribution < -0.4 is 0 Å². The lowest BCUT2D eigenvalue weighted by molar-refractivity contribution is -0.133. The van der Waals surface area contributed by atoms with Gasteiger partial charge in [0.1, 0.15) is 0 Å². The number of nitrogens with zero attached hydrogens (tertiary/aromatic N) is 1. The monoisotopic (exact) mass is 201 g/mol. The van der Waals surface area contributed by atoms with Crippen molar-refractivity contribution < 1.29 is 14.6 Å². The zero-order chi connectivity index (χ0) is 10.4. The number of aliphatic hydroxyl groups excluding tert-OH is 1. The summed E-state index contributed by atoms with van der Waals surface area (Å²) in [4.78, 5) is 13.2. The Hall–Kier alpha value is -0.610. The van der Waals surface area contributed by atoms with E-state index >= 15 is 0 Å². The van der Waals surface area contributed by atoms with Crippen LogP contribution in [0.5, 0.6) is 0 Å². The van der Waals surface area contributed by atoms with Crippen molar-refractivity contribution in [3.8, 4) is 0 Å². The molecule has 1 heterocycles. The number of carbonyl (C=O) groups is 1. The van der Waals surface area contributed by atoms with Crippen LogP contribution in [0, 0.1) is 0 Å². The van der Waals surface area contributed by atoms with Crippen molar-refractivity contribution in [2.24, 2.45) is 0 Å². The fraction of sp³-hybridized carbons (Fsp3) is 0.900. The molecule has 1 aliphatic heterocycles. The maximum atomic E-state index is 11.4. The van der Waals surface area contributed by atoms with E-state index in [2.05, 4.69) is 0 Å². The Morgan fingerprint density at radius 1 is 1.57 bits per heavy atom. The standard InChI is InChI=1S/C10H19NO3/c1-14-8-9(12)5-7-11-6-3-2-4-10(11)13/h9,12H,2-8H2,1H3. The molecule has 0 radical (unpaired) electrons. The summed E-state index contributed by atoms with van der Waals surface area (Å²) in [6, 6.07) is 0. The fourth-order valence-corrected chi connectivity index (χ4v) is 1.68. The number of hydrogen-bond acceptors (Lipinski definition) is 3. The molecule has 82 valence electrons. The second kappa shape index (κ2) is 5.98. The number of aliphatic hydroxyl groups is 1. The summed E-state index contributed by atoms with van der Waals surface area (Å²) in [7, 11) is 1.56. The van der Waals surface area contributed by atoms with Crippen LogP contribution >= 0.6 is 0 Å². The predicted molar refractivity (Wildman–Crippen MR) is 52.9 cm³/mol. The van der Waals surface area contributed by atoms with Gasteiger partial charge in [0, 0.05) is 26.6 Å². The van der Waals surface area contributed by atoms with Crippen molar-refractivity contribution in [3.63, 3.8) is 0 Å². The molecule has 0 saturated carbocycles. The molecule has 0 aromatic rings. The maximum Gasteiger partial charge on any atom is 0.222 e. The average Bonchev–Trinajstić information content (AvgIpc) is 2.17. The molecule has 1 unspecified atom stereocenters. The molecule has 1 atom stereocenters. The lowest BCUT2D eigenvalue weighted by Gasteiger charge is -2.27. The fourth-order valence-electron chi connectivity index (χ4n) is 1.68. The lowest BCUT2D eigenvalue weighted by atomic mass is 10.1. The van der Waals surface area contributed by atoms with Crippen LogP contribution in [0.15, 0.2) is 0 Å². The highest BCUT2D eigenvalue weighted by Crippen LogP contribution is 2.11. The summed E-state index contributed by atoms with van der Waals surface area (Å²) < 4.78 is 4.82. The molecule has 4 nitrogen and oxygen atoms in total. The van der Waals surface area contributed by atoms with E-state index < -0.39 is 6.10 Å². The van der Waals surface area contributed by atoms with Gasteiger partial charge in [-0.25, -0.2) is 0 Å². The topological polar surface area (TPSA) is 49.8 Å². The molecule has 0 bridgehead atoms. The van der Waals surface area contributed by atoms with Gasteiger partial charge in [0.15, 0.2) is 0 Å². The molecule has 1 N–H and O–H groups in total. The first-order valence-electron chi connectivity index (χ1n) is 5.19. The number of piperidine rings is 1. The molecule has 0 spiro atoms. The quantitative estimate of drug-likeness (QED) is 0.700. The third-order valence-electron chi connectivity index (χ3n) is 2.51. The summed E-state index contributed by atoms with van der Waals surface area (Å²) in [6.07, 6.45) is 2.93. The van der Waals surface area contributed by atoms with Gasteiger partial charge < -0.3 is 14.7 Å². The van der Waals surface area contributed by atoms with Crippen molar-refractivity contribution in [1.29, 1.82) is 0 Å². The summed E-state index contributed by atoms with van der Waals surface area (Å²) in [5, 5.41) is 9.40. The molecule has 1 amide bonds. The zero-order valence-electron chi connectivity index (χ0n) is 8.74. The molecule has 0 aromatic heterocycles. The van der Waals surface area contributed by atoms with E-state index in [1.54, 1.807) is 7.11 Å². The number of likely N-dealkylation sites (tertiary alicyclic amines) is 1. The van der Waals surface area contributed by atoms with Gasteiger partial charge in [0.25, 0.3) is 0 Å². The highest BCUT2D eigenvalue weighted by atomic mass is 16.5. The third kappa shape index (κ3) is 3.64. The van der Waals surface area contributed by atoms with Crippen LogP contribution in [0.3, 0.4) is 0 Å².